The zero-order chi connectivity index (χ0) is 16.5. The van der Waals surface area contributed by atoms with Crippen molar-refractivity contribution in [1.29, 1.82) is 0 Å². The van der Waals surface area contributed by atoms with Crippen LogP contribution in [0.25, 0.3) is 0 Å². The van der Waals surface area contributed by atoms with Gasteiger partial charge in [0.15, 0.2) is 0 Å². The second kappa shape index (κ2) is 6.28. The molecule has 0 saturated heterocycles. The zero-order valence-electron chi connectivity index (χ0n) is 13.2. The second-order valence-electron chi connectivity index (χ2n) is 5.80. The van der Waals surface area contributed by atoms with E-state index in [1.165, 1.54) is 11.1 Å². The number of halogens is 1. The zero-order valence-corrected chi connectivity index (χ0v) is 14.8. The van der Waals surface area contributed by atoms with E-state index in [1.54, 1.807) is 13.4 Å². The Labute approximate surface area is 148 Å². The number of aromatic nitrogens is 3. The summed E-state index contributed by atoms with van der Waals surface area (Å²) in [4.78, 5) is 4.37. The van der Waals surface area contributed by atoms with Gasteiger partial charge in [-0.25, -0.2) is 4.68 Å². The van der Waals surface area contributed by atoms with Crippen molar-refractivity contribution in [2.45, 2.75) is 18.5 Å². The van der Waals surface area contributed by atoms with Gasteiger partial charge in [0.2, 0.25) is 5.95 Å². The monoisotopic (exact) mass is 384 g/mol. The SMILES string of the molecule is COc1ccc([C@H]2C[C@@H](c3ccc(Br)cc3)n3ncnc3N2)cc1. The average Bonchev–Trinajstić information content (AvgIpc) is 3.10. The highest BCUT2D eigenvalue weighted by Gasteiger charge is 2.29. The van der Waals surface area contributed by atoms with Crippen LogP contribution in [0, 0.1) is 0 Å². The maximum atomic E-state index is 5.25. The van der Waals surface area contributed by atoms with Crippen LogP contribution in [0.15, 0.2) is 59.3 Å². The number of anilines is 1. The predicted molar refractivity (Wildman–Crippen MR) is 96.3 cm³/mol. The van der Waals surface area contributed by atoms with E-state index >= 15 is 0 Å². The molecule has 0 bridgehead atoms. The summed E-state index contributed by atoms with van der Waals surface area (Å²) in [5.41, 5.74) is 2.44. The standard InChI is InChI=1S/C18H17BrN4O/c1-24-15-8-4-12(5-9-15)16-10-17(13-2-6-14(19)7-3-13)23-18(22-16)20-11-21-23/h2-9,11,16-17H,10H2,1H3,(H,20,21,22)/t16-,17+/m1/s1. The van der Waals surface area contributed by atoms with E-state index in [0.29, 0.717) is 0 Å². The third-order valence-electron chi connectivity index (χ3n) is 4.40. The summed E-state index contributed by atoms with van der Waals surface area (Å²) in [5, 5.41) is 7.88. The lowest BCUT2D eigenvalue weighted by Gasteiger charge is -2.31. The van der Waals surface area contributed by atoms with Crippen molar-refractivity contribution in [3.63, 3.8) is 0 Å². The first kappa shape index (κ1) is 15.2. The minimum Gasteiger partial charge on any atom is -0.497 e. The second-order valence-corrected chi connectivity index (χ2v) is 6.72. The number of rotatable bonds is 3. The molecule has 0 spiro atoms. The Morgan fingerprint density at radius 3 is 2.50 bits per heavy atom. The Kier molecular flexibility index (Phi) is 3.98. The summed E-state index contributed by atoms with van der Waals surface area (Å²) in [6.07, 6.45) is 2.51. The molecule has 1 N–H and O–H groups in total. The van der Waals surface area contributed by atoms with E-state index in [2.05, 4.69) is 67.7 Å². The first-order valence-electron chi connectivity index (χ1n) is 7.80. The number of hydrogen-bond acceptors (Lipinski definition) is 4. The molecule has 122 valence electrons. The Hall–Kier alpha value is -2.34. The quantitative estimate of drug-likeness (QED) is 0.735. The highest BCUT2D eigenvalue weighted by atomic mass is 79.9. The molecule has 1 aliphatic rings. The van der Waals surface area contributed by atoms with Crippen LogP contribution in [0.5, 0.6) is 5.75 Å². The summed E-state index contributed by atoms with van der Waals surface area (Å²) in [6.45, 7) is 0. The van der Waals surface area contributed by atoms with Crippen LogP contribution >= 0.6 is 15.9 Å². The minimum absolute atomic E-state index is 0.156. The third kappa shape index (κ3) is 2.78. The molecule has 5 nitrogen and oxygen atoms in total. The van der Waals surface area contributed by atoms with E-state index in [0.717, 1.165) is 22.6 Å². The van der Waals surface area contributed by atoms with E-state index in [4.69, 9.17) is 4.74 Å². The van der Waals surface area contributed by atoms with Crippen molar-refractivity contribution in [2.75, 3.05) is 12.4 Å². The molecular weight excluding hydrogens is 368 g/mol. The lowest BCUT2D eigenvalue weighted by atomic mass is 9.93. The van der Waals surface area contributed by atoms with Gasteiger partial charge in [0, 0.05) is 4.47 Å². The van der Waals surface area contributed by atoms with Crippen molar-refractivity contribution < 1.29 is 4.74 Å². The van der Waals surface area contributed by atoms with Crippen LogP contribution in [0.1, 0.15) is 29.6 Å². The van der Waals surface area contributed by atoms with Gasteiger partial charge in [0.05, 0.1) is 19.2 Å². The molecule has 4 rings (SSSR count). The van der Waals surface area contributed by atoms with Gasteiger partial charge in [0.25, 0.3) is 0 Å². The van der Waals surface area contributed by atoms with Gasteiger partial charge >= 0.3 is 0 Å². The number of nitrogens with one attached hydrogen (secondary N) is 1. The van der Waals surface area contributed by atoms with Gasteiger partial charge < -0.3 is 10.1 Å². The van der Waals surface area contributed by atoms with Crippen molar-refractivity contribution in [3.05, 3.63) is 70.5 Å². The molecule has 24 heavy (non-hydrogen) atoms. The molecule has 0 radical (unpaired) electrons. The van der Waals surface area contributed by atoms with Crippen LogP contribution < -0.4 is 10.1 Å². The molecule has 0 amide bonds. The van der Waals surface area contributed by atoms with Crippen LogP contribution in [0.4, 0.5) is 5.95 Å². The topological polar surface area (TPSA) is 52.0 Å². The van der Waals surface area contributed by atoms with Crippen LogP contribution in [0.3, 0.4) is 0 Å². The highest BCUT2D eigenvalue weighted by molar-refractivity contribution is 9.10. The number of fused-ring (bicyclic) bond motifs is 1. The van der Waals surface area contributed by atoms with Gasteiger partial charge in [-0.1, -0.05) is 40.2 Å². The normalized spacial score (nSPS) is 19.4. The fourth-order valence-electron chi connectivity index (χ4n) is 3.14. The number of ether oxygens (including phenoxy) is 1. The molecule has 1 aliphatic heterocycles. The van der Waals surface area contributed by atoms with Gasteiger partial charge in [-0.2, -0.15) is 10.1 Å². The molecule has 2 aromatic carbocycles. The summed E-state index contributed by atoms with van der Waals surface area (Å²) < 4.78 is 8.29. The minimum atomic E-state index is 0.156. The van der Waals surface area contributed by atoms with E-state index in [1.807, 2.05) is 16.8 Å². The van der Waals surface area contributed by atoms with E-state index < -0.39 is 0 Å². The smallest absolute Gasteiger partial charge is 0.222 e. The van der Waals surface area contributed by atoms with E-state index in [-0.39, 0.29) is 12.1 Å². The summed E-state index contributed by atoms with van der Waals surface area (Å²) in [5.74, 6) is 1.66. The number of benzene rings is 2. The molecule has 0 aliphatic carbocycles. The Morgan fingerprint density at radius 1 is 1.08 bits per heavy atom. The molecule has 0 unspecified atom stereocenters. The summed E-state index contributed by atoms with van der Waals surface area (Å²) >= 11 is 3.50. The first-order chi connectivity index (χ1) is 11.7. The van der Waals surface area contributed by atoms with Crippen molar-refractivity contribution >= 4 is 21.9 Å². The van der Waals surface area contributed by atoms with Crippen molar-refractivity contribution in [2.24, 2.45) is 0 Å². The summed E-state index contributed by atoms with van der Waals surface area (Å²) in [7, 11) is 1.68. The maximum absolute atomic E-state index is 5.25. The lowest BCUT2D eigenvalue weighted by molar-refractivity contribution is 0.413. The molecule has 1 aromatic heterocycles. The molecule has 0 fully saturated rings. The van der Waals surface area contributed by atoms with Gasteiger partial charge in [-0.05, 0) is 41.8 Å². The molecule has 3 aromatic rings. The number of nitrogens with zero attached hydrogens (tertiary/aromatic N) is 3. The van der Waals surface area contributed by atoms with Crippen LogP contribution in [-0.4, -0.2) is 21.9 Å². The fraction of sp³-hybridized carbons (Fsp3) is 0.222. The lowest BCUT2D eigenvalue weighted by Crippen LogP contribution is -2.28. The highest BCUT2D eigenvalue weighted by Crippen LogP contribution is 2.37. The number of hydrogen-bond donors (Lipinski definition) is 1. The maximum Gasteiger partial charge on any atom is 0.222 e. The van der Waals surface area contributed by atoms with Crippen LogP contribution in [-0.2, 0) is 0 Å². The molecular formula is C18H17BrN4O. The molecule has 2 heterocycles. The van der Waals surface area contributed by atoms with Gasteiger partial charge in [-0.3, -0.25) is 0 Å². The third-order valence-corrected chi connectivity index (χ3v) is 4.93. The average molecular weight is 385 g/mol. The van der Waals surface area contributed by atoms with Crippen molar-refractivity contribution in [3.8, 4) is 5.75 Å². The molecule has 0 saturated carbocycles. The predicted octanol–water partition coefficient (Wildman–Crippen LogP) is 4.20. The van der Waals surface area contributed by atoms with E-state index in [9.17, 15) is 0 Å². The van der Waals surface area contributed by atoms with Gasteiger partial charge in [-0.15, -0.1) is 0 Å². The largest absolute Gasteiger partial charge is 0.497 e. The Morgan fingerprint density at radius 2 is 1.79 bits per heavy atom. The Bertz CT molecular complexity index is 829. The fourth-order valence-corrected chi connectivity index (χ4v) is 3.40. The van der Waals surface area contributed by atoms with Gasteiger partial charge in [0.1, 0.15) is 12.1 Å². The molecule has 2 atom stereocenters. The van der Waals surface area contributed by atoms with Crippen molar-refractivity contribution in [1.82, 2.24) is 14.8 Å². The summed E-state index contributed by atoms with van der Waals surface area (Å²) in [6, 6.07) is 16.9. The molecule has 6 heteroatoms. The Balaban J connectivity index is 1.68. The van der Waals surface area contributed by atoms with Crippen LogP contribution in [0.2, 0.25) is 0 Å². The number of methoxy groups -OCH3 is 1. The first-order valence-corrected chi connectivity index (χ1v) is 8.59.